The highest BCUT2D eigenvalue weighted by Crippen LogP contribution is 2.33. The van der Waals surface area contributed by atoms with E-state index >= 15 is 0 Å². The molecule has 0 aromatic carbocycles. The van der Waals surface area contributed by atoms with Crippen LogP contribution in [-0.4, -0.2) is 72.6 Å². The summed E-state index contributed by atoms with van der Waals surface area (Å²) in [6.07, 6.45) is 24.5. The zero-order chi connectivity index (χ0) is 34.8. The van der Waals surface area contributed by atoms with Gasteiger partial charge in [0.1, 0.15) is 13.2 Å². The van der Waals surface area contributed by atoms with Gasteiger partial charge >= 0.3 is 11.9 Å². The number of rotatable bonds is 29. The number of hydrogen-bond donors (Lipinski definition) is 0. The van der Waals surface area contributed by atoms with Crippen molar-refractivity contribution in [2.45, 2.75) is 201 Å². The number of carbonyl (C=O) groups excluding carboxylic acids is 3. The quantitative estimate of drug-likeness (QED) is 0.0585. The van der Waals surface area contributed by atoms with E-state index < -0.39 is 5.41 Å². The lowest BCUT2D eigenvalue weighted by atomic mass is 9.79. The van der Waals surface area contributed by atoms with Gasteiger partial charge in [0.05, 0.1) is 0 Å². The molecule has 0 radical (unpaired) electrons. The number of hydrogen-bond acceptors (Lipinski definition) is 6. The van der Waals surface area contributed by atoms with Crippen molar-refractivity contribution in [2.24, 2.45) is 5.41 Å². The van der Waals surface area contributed by atoms with Crippen molar-refractivity contribution in [2.75, 3.05) is 32.8 Å². The Bertz CT molecular complexity index is 758. The topological polar surface area (TPSA) is 76.1 Å². The first kappa shape index (κ1) is 43.4. The first-order valence-corrected chi connectivity index (χ1v) is 20.0. The maximum Gasteiger partial charge on any atom is 0.305 e. The monoisotopic (exact) mass is 665 g/mol. The average molecular weight is 665 g/mol. The van der Waals surface area contributed by atoms with E-state index in [4.69, 9.17) is 9.47 Å². The van der Waals surface area contributed by atoms with Gasteiger partial charge in [-0.05, 0) is 53.4 Å². The van der Waals surface area contributed by atoms with Crippen molar-refractivity contribution in [3.8, 4) is 0 Å². The fraction of sp³-hybridized carbons (Fsp3) is 0.925. The Balaban J connectivity index is 2.54. The largest absolute Gasteiger partial charge is 0.465 e. The molecule has 1 amide bonds. The third kappa shape index (κ3) is 21.1. The molecule has 0 aromatic heterocycles. The standard InChI is InChI=1S/C40H76N2O5/c1-7-9-11-13-15-17-19-21-23-25-38(44)46-33-40(34-47-39(45)26-24-22-20-18-16-14-12-10-8-2)28-31-41(32-29-40)37(43)27-30-42(35(3)4)36(5)6/h35-36H,7-34H2,1-6H3. The van der Waals surface area contributed by atoms with E-state index in [1.54, 1.807) is 0 Å². The molecule has 0 aliphatic carbocycles. The number of amides is 1. The van der Waals surface area contributed by atoms with Crippen molar-refractivity contribution >= 4 is 17.8 Å². The van der Waals surface area contributed by atoms with Gasteiger partial charge in [-0.1, -0.05) is 117 Å². The Morgan fingerprint density at radius 3 is 1.30 bits per heavy atom. The summed E-state index contributed by atoms with van der Waals surface area (Å²) in [6, 6.07) is 0.791. The second-order valence-corrected chi connectivity index (χ2v) is 15.0. The first-order chi connectivity index (χ1) is 22.6. The fourth-order valence-electron chi connectivity index (χ4n) is 6.83. The van der Waals surface area contributed by atoms with E-state index in [0.29, 0.717) is 57.3 Å². The Kier molecular flexibility index (Phi) is 25.1. The van der Waals surface area contributed by atoms with Crippen molar-refractivity contribution in [1.29, 1.82) is 0 Å². The van der Waals surface area contributed by atoms with Crippen LogP contribution in [0.25, 0.3) is 0 Å². The van der Waals surface area contributed by atoms with Crippen LogP contribution in [0, 0.1) is 5.41 Å². The Labute approximate surface area is 290 Å². The van der Waals surface area contributed by atoms with Crippen LogP contribution in [0.4, 0.5) is 0 Å². The molecule has 0 spiro atoms. The van der Waals surface area contributed by atoms with Gasteiger partial charge in [-0.15, -0.1) is 0 Å². The van der Waals surface area contributed by atoms with Crippen LogP contribution < -0.4 is 0 Å². The molecule has 0 aromatic rings. The second-order valence-electron chi connectivity index (χ2n) is 15.0. The molecule has 0 saturated carbocycles. The number of unbranched alkanes of at least 4 members (excludes halogenated alkanes) is 16. The molecule has 1 heterocycles. The summed E-state index contributed by atoms with van der Waals surface area (Å²) in [6.45, 7) is 15.7. The SMILES string of the molecule is CCCCCCCCCCCC(=O)OCC1(COC(=O)CCCCCCCCCCC)CCN(C(=O)CCN(C(C)C)C(C)C)CC1. The molecule has 7 nitrogen and oxygen atoms in total. The third-order valence-electron chi connectivity index (χ3n) is 10.1. The fourth-order valence-corrected chi connectivity index (χ4v) is 6.83. The van der Waals surface area contributed by atoms with Gasteiger partial charge in [0.2, 0.25) is 5.91 Å². The molecule has 1 fully saturated rings. The van der Waals surface area contributed by atoms with E-state index in [1.165, 1.54) is 89.9 Å². The maximum absolute atomic E-state index is 13.1. The smallest absolute Gasteiger partial charge is 0.305 e. The van der Waals surface area contributed by atoms with Crippen LogP contribution in [0.3, 0.4) is 0 Å². The average Bonchev–Trinajstić information content (AvgIpc) is 3.05. The molecule has 7 heteroatoms. The van der Waals surface area contributed by atoms with Crippen molar-refractivity contribution in [1.82, 2.24) is 9.80 Å². The Morgan fingerprint density at radius 1 is 0.574 bits per heavy atom. The maximum atomic E-state index is 13.1. The molecule has 0 N–H and O–H groups in total. The van der Waals surface area contributed by atoms with Crippen LogP contribution in [0.1, 0.15) is 189 Å². The highest BCUT2D eigenvalue weighted by molar-refractivity contribution is 5.76. The number of nitrogens with zero attached hydrogens (tertiary/aromatic N) is 2. The van der Waals surface area contributed by atoms with Gasteiger partial charge in [0, 0.05) is 56.4 Å². The third-order valence-corrected chi connectivity index (χ3v) is 10.1. The minimum atomic E-state index is -0.430. The Hall–Kier alpha value is -1.63. The van der Waals surface area contributed by atoms with E-state index in [0.717, 1.165) is 32.2 Å². The van der Waals surface area contributed by atoms with Crippen LogP contribution >= 0.6 is 0 Å². The lowest BCUT2D eigenvalue weighted by molar-refractivity contribution is -0.158. The predicted molar refractivity (Wildman–Crippen MR) is 195 cm³/mol. The van der Waals surface area contributed by atoms with Gasteiger partial charge < -0.3 is 14.4 Å². The molecule has 276 valence electrons. The molecule has 1 rings (SSSR count). The highest BCUT2D eigenvalue weighted by Gasteiger charge is 2.38. The summed E-state index contributed by atoms with van der Waals surface area (Å²) in [5.74, 6) is -0.141. The molecule has 1 saturated heterocycles. The molecule has 0 bridgehead atoms. The molecule has 1 aliphatic rings. The van der Waals surface area contributed by atoms with Crippen LogP contribution in [0.5, 0.6) is 0 Å². The summed E-state index contributed by atoms with van der Waals surface area (Å²) in [7, 11) is 0. The second kappa shape index (κ2) is 27.2. The minimum absolute atomic E-state index is 0.158. The number of likely N-dealkylation sites (tertiary alicyclic amines) is 1. The number of ether oxygens (including phenoxy) is 2. The minimum Gasteiger partial charge on any atom is -0.465 e. The summed E-state index contributed by atoms with van der Waals surface area (Å²) >= 11 is 0. The molecule has 0 atom stereocenters. The van der Waals surface area contributed by atoms with Crippen LogP contribution in [0.15, 0.2) is 0 Å². The zero-order valence-corrected chi connectivity index (χ0v) is 31.9. The van der Waals surface area contributed by atoms with Gasteiger partial charge in [-0.25, -0.2) is 0 Å². The first-order valence-electron chi connectivity index (χ1n) is 20.0. The van der Waals surface area contributed by atoms with Gasteiger partial charge in [-0.3, -0.25) is 19.3 Å². The van der Waals surface area contributed by atoms with Crippen molar-refractivity contribution in [3.05, 3.63) is 0 Å². The van der Waals surface area contributed by atoms with Gasteiger partial charge in [0.15, 0.2) is 0 Å². The zero-order valence-electron chi connectivity index (χ0n) is 31.9. The molecular formula is C40H76N2O5. The number of esters is 2. The highest BCUT2D eigenvalue weighted by atomic mass is 16.5. The van der Waals surface area contributed by atoms with Gasteiger partial charge in [0.25, 0.3) is 0 Å². The summed E-state index contributed by atoms with van der Waals surface area (Å²) in [5, 5.41) is 0. The van der Waals surface area contributed by atoms with E-state index in [-0.39, 0.29) is 31.1 Å². The predicted octanol–water partition coefficient (Wildman–Crippen LogP) is 10.0. The lowest BCUT2D eigenvalue weighted by Gasteiger charge is -2.41. The lowest BCUT2D eigenvalue weighted by Crippen LogP contribution is -2.48. The van der Waals surface area contributed by atoms with E-state index in [9.17, 15) is 14.4 Å². The molecule has 0 unspecified atom stereocenters. The normalized spacial score (nSPS) is 14.7. The van der Waals surface area contributed by atoms with Crippen molar-refractivity contribution in [3.63, 3.8) is 0 Å². The molecular weight excluding hydrogens is 588 g/mol. The van der Waals surface area contributed by atoms with Gasteiger partial charge in [-0.2, -0.15) is 0 Å². The summed E-state index contributed by atoms with van der Waals surface area (Å²) < 4.78 is 11.7. The van der Waals surface area contributed by atoms with E-state index in [2.05, 4.69) is 46.4 Å². The molecule has 47 heavy (non-hydrogen) atoms. The van der Waals surface area contributed by atoms with Crippen LogP contribution in [-0.2, 0) is 23.9 Å². The van der Waals surface area contributed by atoms with E-state index in [1.807, 2.05) is 4.90 Å². The van der Waals surface area contributed by atoms with Crippen molar-refractivity contribution < 1.29 is 23.9 Å². The van der Waals surface area contributed by atoms with Crippen LogP contribution in [0.2, 0.25) is 0 Å². The molecule has 1 aliphatic heterocycles. The number of carbonyl (C=O) groups is 3. The summed E-state index contributed by atoms with van der Waals surface area (Å²) in [5.41, 5.74) is -0.430. The summed E-state index contributed by atoms with van der Waals surface area (Å²) in [4.78, 5) is 42.9. The Morgan fingerprint density at radius 2 is 0.936 bits per heavy atom. The number of piperidine rings is 1.